The molecule has 38 heavy (non-hydrogen) atoms. The third-order valence-corrected chi connectivity index (χ3v) is 8.40. The maximum Gasteiger partial charge on any atom is 0.410 e. The van der Waals surface area contributed by atoms with Gasteiger partial charge in [0, 0.05) is 30.3 Å². The van der Waals surface area contributed by atoms with E-state index in [1.807, 2.05) is 29.2 Å². The standard InChI is InChI=1S/C31H28F3NO3/c32-27-12-18(13-28(33)30(27)34)14-29(36)19-15-20-6-5-7-21(16-19)35(20)31(37)38-17-26-24-10-3-1-8-22(24)23-9-2-4-11-25(23)26/h1-4,8-13,19-21,26H,5-7,14-17H2. The Labute approximate surface area is 219 Å². The summed E-state index contributed by atoms with van der Waals surface area (Å²) in [5, 5.41) is 0. The fourth-order valence-electron chi connectivity index (χ4n) is 6.67. The van der Waals surface area contributed by atoms with Gasteiger partial charge in [-0.15, -0.1) is 0 Å². The molecule has 1 amide bonds. The normalized spacial score (nSPS) is 22.1. The summed E-state index contributed by atoms with van der Waals surface area (Å²) in [6, 6.07) is 17.9. The summed E-state index contributed by atoms with van der Waals surface area (Å²) >= 11 is 0. The van der Waals surface area contributed by atoms with Crippen LogP contribution in [0.1, 0.15) is 54.7 Å². The van der Waals surface area contributed by atoms with Gasteiger partial charge < -0.3 is 9.64 Å². The zero-order chi connectivity index (χ0) is 26.4. The first-order valence-corrected chi connectivity index (χ1v) is 13.2. The summed E-state index contributed by atoms with van der Waals surface area (Å²) < 4.78 is 46.5. The number of benzene rings is 3. The summed E-state index contributed by atoms with van der Waals surface area (Å²) in [6.07, 6.45) is 3.00. The van der Waals surface area contributed by atoms with Gasteiger partial charge in [0.05, 0.1) is 0 Å². The van der Waals surface area contributed by atoms with E-state index in [0.717, 1.165) is 42.5 Å². The van der Waals surface area contributed by atoms with Crippen LogP contribution < -0.4 is 0 Å². The van der Waals surface area contributed by atoms with E-state index in [-0.39, 0.29) is 54.4 Å². The van der Waals surface area contributed by atoms with E-state index in [1.54, 1.807) is 0 Å². The van der Waals surface area contributed by atoms with Crippen LogP contribution in [0.4, 0.5) is 18.0 Å². The maximum absolute atomic E-state index is 13.6. The SMILES string of the molecule is O=C(Cc1cc(F)c(F)c(F)c1)C1CC2CCCC(C1)N2C(=O)OCC1c2ccccc2-c2ccccc21. The van der Waals surface area contributed by atoms with Crippen LogP contribution in [0.3, 0.4) is 0 Å². The number of ketones is 1. The lowest BCUT2D eigenvalue weighted by atomic mass is 9.76. The molecule has 2 heterocycles. The molecule has 0 spiro atoms. The second-order valence-corrected chi connectivity index (χ2v) is 10.6. The number of piperidine rings is 2. The Balaban J connectivity index is 1.13. The number of halogens is 3. The van der Waals surface area contributed by atoms with Crippen LogP contribution >= 0.6 is 0 Å². The second-order valence-electron chi connectivity index (χ2n) is 10.6. The molecule has 2 unspecified atom stereocenters. The summed E-state index contributed by atoms with van der Waals surface area (Å²) in [5.41, 5.74) is 4.76. The molecule has 0 saturated carbocycles. The van der Waals surface area contributed by atoms with Crippen molar-refractivity contribution in [1.29, 1.82) is 0 Å². The molecule has 2 fully saturated rings. The van der Waals surface area contributed by atoms with Gasteiger partial charge in [0.2, 0.25) is 0 Å². The molecule has 3 aromatic carbocycles. The molecule has 2 aliphatic heterocycles. The van der Waals surface area contributed by atoms with E-state index in [2.05, 4.69) is 24.3 Å². The van der Waals surface area contributed by atoms with E-state index in [0.29, 0.717) is 12.8 Å². The highest BCUT2D eigenvalue weighted by molar-refractivity contribution is 5.84. The van der Waals surface area contributed by atoms with Crippen molar-refractivity contribution in [3.05, 3.63) is 94.8 Å². The van der Waals surface area contributed by atoms with Crippen LogP contribution in [0.15, 0.2) is 60.7 Å². The fourth-order valence-corrected chi connectivity index (χ4v) is 6.67. The first kappa shape index (κ1) is 24.7. The second kappa shape index (κ2) is 9.93. The van der Waals surface area contributed by atoms with Gasteiger partial charge in [0.15, 0.2) is 17.5 Å². The Morgan fingerprint density at radius 1 is 0.842 bits per heavy atom. The molecule has 3 aromatic rings. The van der Waals surface area contributed by atoms with Crippen LogP contribution in [0.5, 0.6) is 0 Å². The fraction of sp³-hybridized carbons (Fsp3) is 0.355. The summed E-state index contributed by atoms with van der Waals surface area (Å²) in [5.74, 6) is -4.61. The van der Waals surface area contributed by atoms with Crippen molar-refractivity contribution < 1.29 is 27.5 Å². The van der Waals surface area contributed by atoms with E-state index in [4.69, 9.17) is 4.74 Å². The van der Waals surface area contributed by atoms with Gasteiger partial charge in [-0.1, -0.05) is 48.5 Å². The number of ether oxygens (including phenoxy) is 1. The van der Waals surface area contributed by atoms with Gasteiger partial charge in [-0.3, -0.25) is 4.79 Å². The molecule has 1 aliphatic carbocycles. The smallest absolute Gasteiger partial charge is 0.410 e. The quantitative estimate of drug-likeness (QED) is 0.349. The minimum absolute atomic E-state index is 0.0261. The van der Waals surface area contributed by atoms with Crippen molar-refractivity contribution >= 4 is 11.9 Å². The largest absolute Gasteiger partial charge is 0.448 e. The lowest BCUT2D eigenvalue weighted by Crippen LogP contribution is -2.56. The Morgan fingerprint density at radius 2 is 1.39 bits per heavy atom. The Hall–Kier alpha value is -3.61. The van der Waals surface area contributed by atoms with Gasteiger partial charge in [-0.2, -0.15) is 0 Å². The van der Waals surface area contributed by atoms with Gasteiger partial charge >= 0.3 is 6.09 Å². The Kier molecular flexibility index (Phi) is 6.46. The molecule has 2 bridgehead atoms. The number of fused-ring (bicyclic) bond motifs is 5. The van der Waals surface area contributed by atoms with Crippen molar-refractivity contribution in [2.24, 2.45) is 5.92 Å². The number of Topliss-reactive ketones (excluding diaryl/α,β-unsaturated/α-hetero) is 1. The number of hydrogen-bond donors (Lipinski definition) is 0. The Morgan fingerprint density at radius 3 is 1.97 bits per heavy atom. The van der Waals surface area contributed by atoms with Crippen molar-refractivity contribution in [2.45, 2.75) is 56.5 Å². The van der Waals surface area contributed by atoms with Crippen molar-refractivity contribution in [3.8, 4) is 11.1 Å². The van der Waals surface area contributed by atoms with Gasteiger partial charge in [-0.05, 0) is 72.1 Å². The van der Waals surface area contributed by atoms with Crippen LogP contribution in [-0.2, 0) is 16.0 Å². The molecular formula is C31H28F3NO3. The van der Waals surface area contributed by atoms with Gasteiger partial charge in [-0.25, -0.2) is 18.0 Å². The first-order valence-electron chi connectivity index (χ1n) is 13.2. The molecule has 0 N–H and O–H groups in total. The number of amides is 1. The zero-order valence-electron chi connectivity index (χ0n) is 20.8. The molecule has 2 saturated heterocycles. The minimum Gasteiger partial charge on any atom is -0.448 e. The molecule has 7 heteroatoms. The van der Waals surface area contributed by atoms with E-state index in [1.165, 1.54) is 11.1 Å². The average molecular weight is 520 g/mol. The highest BCUT2D eigenvalue weighted by Gasteiger charge is 2.44. The lowest BCUT2D eigenvalue weighted by molar-refractivity contribution is -0.126. The summed E-state index contributed by atoms with van der Waals surface area (Å²) in [6.45, 7) is 0.243. The topological polar surface area (TPSA) is 46.6 Å². The highest BCUT2D eigenvalue weighted by atomic mass is 19.2. The van der Waals surface area contributed by atoms with E-state index in [9.17, 15) is 22.8 Å². The number of carbonyl (C=O) groups is 2. The van der Waals surface area contributed by atoms with E-state index < -0.39 is 17.5 Å². The molecule has 196 valence electrons. The third-order valence-electron chi connectivity index (χ3n) is 8.40. The summed E-state index contributed by atoms with van der Waals surface area (Å²) in [7, 11) is 0. The van der Waals surface area contributed by atoms with Crippen LogP contribution in [-0.4, -0.2) is 35.5 Å². The highest BCUT2D eigenvalue weighted by Crippen LogP contribution is 2.45. The summed E-state index contributed by atoms with van der Waals surface area (Å²) in [4.78, 5) is 28.2. The van der Waals surface area contributed by atoms with Gasteiger partial charge in [0.25, 0.3) is 0 Å². The molecule has 3 aliphatic rings. The predicted molar refractivity (Wildman–Crippen MR) is 136 cm³/mol. The molecular weight excluding hydrogens is 491 g/mol. The maximum atomic E-state index is 13.6. The van der Waals surface area contributed by atoms with E-state index >= 15 is 0 Å². The Bertz CT molecular complexity index is 1320. The minimum atomic E-state index is -1.54. The first-order chi connectivity index (χ1) is 18.4. The predicted octanol–water partition coefficient (Wildman–Crippen LogP) is 6.80. The molecule has 2 atom stereocenters. The zero-order valence-corrected chi connectivity index (χ0v) is 20.8. The number of nitrogens with zero attached hydrogens (tertiary/aromatic N) is 1. The average Bonchev–Trinajstić information content (AvgIpc) is 3.23. The monoisotopic (exact) mass is 519 g/mol. The van der Waals surface area contributed by atoms with Crippen LogP contribution in [0.25, 0.3) is 11.1 Å². The molecule has 0 aromatic heterocycles. The number of hydrogen-bond acceptors (Lipinski definition) is 3. The lowest BCUT2D eigenvalue weighted by Gasteiger charge is -2.47. The third kappa shape index (κ3) is 4.38. The molecule has 0 radical (unpaired) electrons. The number of carbonyl (C=O) groups excluding carboxylic acids is 2. The van der Waals surface area contributed by atoms with Crippen molar-refractivity contribution in [1.82, 2.24) is 4.90 Å². The molecule has 4 nitrogen and oxygen atoms in total. The van der Waals surface area contributed by atoms with Crippen LogP contribution in [0.2, 0.25) is 0 Å². The number of rotatable bonds is 5. The molecule has 6 rings (SSSR count). The van der Waals surface area contributed by atoms with Crippen molar-refractivity contribution in [3.63, 3.8) is 0 Å². The van der Waals surface area contributed by atoms with Crippen LogP contribution in [0, 0.1) is 23.4 Å². The van der Waals surface area contributed by atoms with Gasteiger partial charge in [0.1, 0.15) is 12.4 Å². The van der Waals surface area contributed by atoms with Crippen molar-refractivity contribution in [2.75, 3.05) is 6.61 Å².